The minimum Gasteiger partial charge on any atom is -0.465 e. The highest BCUT2D eigenvalue weighted by Crippen LogP contribution is 2.65. The first kappa shape index (κ1) is 15.0. The van der Waals surface area contributed by atoms with E-state index in [1.807, 2.05) is 0 Å². The number of alkyl halides is 2. The number of carbonyl (C=O) groups is 2. The second-order valence-electron chi connectivity index (χ2n) is 4.57. The van der Waals surface area contributed by atoms with Gasteiger partial charge in [0.25, 0.3) is 0 Å². The summed E-state index contributed by atoms with van der Waals surface area (Å²) in [5.41, 5.74) is -0.255. The van der Waals surface area contributed by atoms with Gasteiger partial charge in [-0.3, -0.25) is 9.59 Å². The zero-order valence-corrected chi connectivity index (χ0v) is 13.1. The Balaban J connectivity index is 2.67. The van der Waals surface area contributed by atoms with Crippen molar-refractivity contribution in [2.75, 3.05) is 23.9 Å². The minimum absolute atomic E-state index is 0.00208. The smallest absolute Gasteiger partial charge is 0.302 e. The van der Waals surface area contributed by atoms with Crippen molar-refractivity contribution in [3.8, 4) is 0 Å². The fourth-order valence-electron chi connectivity index (χ4n) is 1.95. The summed E-state index contributed by atoms with van der Waals surface area (Å²) in [6, 6.07) is 0. The van der Waals surface area contributed by atoms with Crippen LogP contribution in [0.2, 0.25) is 0 Å². The highest BCUT2D eigenvalue weighted by atomic mass is 79.9. The molecule has 4 nitrogen and oxygen atoms in total. The van der Waals surface area contributed by atoms with Crippen molar-refractivity contribution in [1.82, 2.24) is 0 Å². The molecule has 0 aromatic carbocycles. The van der Waals surface area contributed by atoms with E-state index in [9.17, 15) is 9.59 Å². The quantitative estimate of drug-likeness (QED) is 0.531. The summed E-state index contributed by atoms with van der Waals surface area (Å²) >= 11 is 6.94. The molecule has 17 heavy (non-hydrogen) atoms. The van der Waals surface area contributed by atoms with Gasteiger partial charge in [-0.25, -0.2) is 0 Å². The van der Waals surface area contributed by atoms with Gasteiger partial charge in [0.1, 0.15) is 13.2 Å². The van der Waals surface area contributed by atoms with Crippen LogP contribution in [0.15, 0.2) is 0 Å². The maximum atomic E-state index is 10.9. The van der Waals surface area contributed by atoms with Crippen molar-refractivity contribution in [3.63, 3.8) is 0 Å². The number of halogens is 2. The second kappa shape index (κ2) is 5.69. The Morgan fingerprint density at radius 3 is 1.65 bits per heavy atom. The van der Waals surface area contributed by atoms with Gasteiger partial charge in [-0.1, -0.05) is 31.9 Å². The highest BCUT2D eigenvalue weighted by molar-refractivity contribution is 9.09. The van der Waals surface area contributed by atoms with Crippen LogP contribution in [0.4, 0.5) is 0 Å². The molecule has 98 valence electrons. The lowest BCUT2D eigenvalue weighted by Crippen LogP contribution is -2.29. The van der Waals surface area contributed by atoms with E-state index in [-0.39, 0.29) is 22.8 Å². The molecule has 0 spiro atoms. The van der Waals surface area contributed by atoms with Crippen LogP contribution >= 0.6 is 31.9 Å². The minimum atomic E-state index is -0.308. The lowest BCUT2D eigenvalue weighted by molar-refractivity contribution is -0.148. The van der Waals surface area contributed by atoms with Gasteiger partial charge in [-0.05, 0) is 6.42 Å². The van der Waals surface area contributed by atoms with Crippen molar-refractivity contribution in [2.45, 2.75) is 20.3 Å². The van der Waals surface area contributed by atoms with Crippen LogP contribution in [0, 0.1) is 10.8 Å². The molecule has 0 heterocycles. The Morgan fingerprint density at radius 2 is 1.41 bits per heavy atom. The molecule has 1 rings (SSSR count). The molecule has 0 atom stereocenters. The summed E-state index contributed by atoms with van der Waals surface area (Å²) < 4.78 is 10.2. The van der Waals surface area contributed by atoms with Crippen molar-refractivity contribution < 1.29 is 19.1 Å². The fourth-order valence-corrected chi connectivity index (χ4v) is 4.46. The third-order valence-corrected chi connectivity index (χ3v) is 5.44. The predicted molar refractivity (Wildman–Crippen MR) is 70.3 cm³/mol. The zero-order valence-electron chi connectivity index (χ0n) is 9.92. The first-order valence-corrected chi connectivity index (χ1v) is 7.54. The molecule has 0 aromatic heterocycles. The topological polar surface area (TPSA) is 52.6 Å². The molecule has 6 heteroatoms. The van der Waals surface area contributed by atoms with Crippen LogP contribution in [-0.4, -0.2) is 35.8 Å². The molecule has 0 aromatic rings. The van der Waals surface area contributed by atoms with Crippen LogP contribution < -0.4 is 0 Å². The summed E-state index contributed by atoms with van der Waals surface area (Å²) in [5.74, 6) is -0.616. The SMILES string of the molecule is CC(=O)OCC1(COC(C)=O)CC1(CBr)CBr. The van der Waals surface area contributed by atoms with Crippen LogP contribution in [-0.2, 0) is 19.1 Å². The molecular formula is C11H16Br2O4. The number of rotatable bonds is 6. The number of carbonyl (C=O) groups excluding carboxylic acids is 2. The van der Waals surface area contributed by atoms with E-state index >= 15 is 0 Å². The molecule has 0 aliphatic heterocycles. The fraction of sp³-hybridized carbons (Fsp3) is 0.818. The third-order valence-electron chi connectivity index (χ3n) is 3.29. The van der Waals surface area contributed by atoms with Gasteiger partial charge >= 0.3 is 11.9 Å². The van der Waals surface area contributed by atoms with E-state index in [0.29, 0.717) is 13.2 Å². The normalized spacial score (nSPS) is 19.5. The summed E-state index contributed by atoms with van der Waals surface area (Å²) in [5, 5.41) is 1.57. The number of ether oxygens (including phenoxy) is 2. The molecule has 0 saturated heterocycles. The molecule has 0 N–H and O–H groups in total. The molecule has 0 unspecified atom stereocenters. The van der Waals surface area contributed by atoms with Gasteiger partial charge in [0.05, 0.1) is 0 Å². The second-order valence-corrected chi connectivity index (χ2v) is 5.69. The van der Waals surface area contributed by atoms with E-state index in [1.165, 1.54) is 13.8 Å². The zero-order chi connectivity index (χ0) is 13.1. The van der Waals surface area contributed by atoms with Gasteiger partial charge in [-0.15, -0.1) is 0 Å². The van der Waals surface area contributed by atoms with Crippen molar-refractivity contribution in [2.24, 2.45) is 10.8 Å². The van der Waals surface area contributed by atoms with Gasteiger partial charge in [0, 0.05) is 35.3 Å². The third kappa shape index (κ3) is 3.22. The Labute approximate surface area is 118 Å². The molecule has 1 fully saturated rings. The van der Waals surface area contributed by atoms with Crippen LogP contribution in [0.1, 0.15) is 20.3 Å². The summed E-state index contributed by atoms with van der Waals surface area (Å²) in [6.07, 6.45) is 0.872. The van der Waals surface area contributed by atoms with Gasteiger partial charge in [-0.2, -0.15) is 0 Å². The van der Waals surface area contributed by atoms with Gasteiger partial charge in [0.2, 0.25) is 0 Å². The monoisotopic (exact) mass is 370 g/mol. The van der Waals surface area contributed by atoms with E-state index in [0.717, 1.165) is 17.1 Å². The van der Waals surface area contributed by atoms with Crippen LogP contribution in [0.25, 0.3) is 0 Å². The molecule has 0 amide bonds. The summed E-state index contributed by atoms with van der Waals surface area (Å²) in [6.45, 7) is 3.36. The summed E-state index contributed by atoms with van der Waals surface area (Å²) in [7, 11) is 0. The molecule has 1 aliphatic rings. The van der Waals surface area contributed by atoms with E-state index < -0.39 is 0 Å². The first-order chi connectivity index (χ1) is 7.91. The standard InChI is InChI=1S/C11H16Br2O4/c1-8(14)16-6-11(7-17-9(2)15)3-10(11,4-12)5-13/h3-7H2,1-2H3. The van der Waals surface area contributed by atoms with E-state index in [4.69, 9.17) is 9.47 Å². The highest BCUT2D eigenvalue weighted by Gasteiger charge is 2.67. The predicted octanol–water partition coefficient (Wildman–Crippen LogP) is 2.28. The lowest BCUT2D eigenvalue weighted by atomic mass is 9.98. The molecule has 1 saturated carbocycles. The van der Waals surface area contributed by atoms with Gasteiger partial charge in [0.15, 0.2) is 0 Å². The van der Waals surface area contributed by atoms with Crippen LogP contribution in [0.3, 0.4) is 0 Å². The Morgan fingerprint density at radius 1 is 1.00 bits per heavy atom. The average molecular weight is 372 g/mol. The van der Waals surface area contributed by atoms with Crippen molar-refractivity contribution in [3.05, 3.63) is 0 Å². The Kier molecular flexibility index (Phi) is 5.01. The molecular weight excluding hydrogens is 356 g/mol. The van der Waals surface area contributed by atoms with E-state index in [1.54, 1.807) is 0 Å². The van der Waals surface area contributed by atoms with Gasteiger partial charge < -0.3 is 9.47 Å². The average Bonchev–Trinajstić information content (AvgIpc) is 2.93. The number of esters is 2. The Hall–Kier alpha value is -0.100. The maximum absolute atomic E-state index is 10.9. The first-order valence-electron chi connectivity index (χ1n) is 5.30. The molecule has 0 bridgehead atoms. The molecule has 0 radical (unpaired) electrons. The maximum Gasteiger partial charge on any atom is 0.302 e. The number of hydrogen-bond acceptors (Lipinski definition) is 4. The summed E-state index contributed by atoms with van der Waals surface area (Å²) in [4.78, 5) is 21.8. The largest absolute Gasteiger partial charge is 0.465 e. The van der Waals surface area contributed by atoms with Crippen molar-refractivity contribution in [1.29, 1.82) is 0 Å². The van der Waals surface area contributed by atoms with Crippen LogP contribution in [0.5, 0.6) is 0 Å². The lowest BCUT2D eigenvalue weighted by Gasteiger charge is -2.22. The number of hydrogen-bond donors (Lipinski definition) is 0. The molecule has 1 aliphatic carbocycles. The van der Waals surface area contributed by atoms with E-state index in [2.05, 4.69) is 31.9 Å². The van der Waals surface area contributed by atoms with Crippen molar-refractivity contribution >= 4 is 43.8 Å². The Bertz CT molecular complexity index is 295.